The van der Waals surface area contributed by atoms with Crippen LogP contribution < -0.4 is 19.9 Å². The number of aromatic nitrogens is 1. The molecule has 1 aromatic heterocycles. The molecule has 0 unspecified atom stereocenters. The Morgan fingerprint density at radius 1 is 1.06 bits per heavy atom. The van der Waals surface area contributed by atoms with Crippen molar-refractivity contribution in [2.75, 3.05) is 16.8 Å². The van der Waals surface area contributed by atoms with Crippen molar-refractivity contribution >= 4 is 34.3 Å². The van der Waals surface area contributed by atoms with Crippen LogP contribution in [-0.4, -0.2) is 28.8 Å². The van der Waals surface area contributed by atoms with Gasteiger partial charge in [-0.25, -0.2) is 0 Å². The van der Waals surface area contributed by atoms with Crippen LogP contribution in [-0.2, 0) is 0 Å². The molecule has 0 spiro atoms. The summed E-state index contributed by atoms with van der Waals surface area (Å²) in [5, 5.41) is 4.26. The fraction of sp³-hybridized carbons (Fsp3) is 0.333. The first-order valence-electron chi connectivity index (χ1n) is 12.5. The number of nitrogens with zero attached hydrogens (tertiary/aromatic N) is 3. The second-order valence-corrected chi connectivity index (χ2v) is 10.9. The van der Waals surface area contributed by atoms with E-state index in [1.54, 1.807) is 0 Å². The molecule has 2 atom stereocenters. The highest BCUT2D eigenvalue weighted by atomic mass is 32.1. The maximum Gasteiger partial charge on any atom is 0.174 e. The summed E-state index contributed by atoms with van der Waals surface area (Å²) in [7, 11) is 2.16. The van der Waals surface area contributed by atoms with Crippen LogP contribution in [0, 0.1) is 0 Å². The third kappa shape index (κ3) is 4.35. The highest BCUT2D eigenvalue weighted by molar-refractivity contribution is 7.80. The minimum Gasteiger partial charge on any atom is -0.491 e. The molecule has 0 saturated carbocycles. The van der Waals surface area contributed by atoms with Gasteiger partial charge in [-0.15, -0.1) is 0 Å². The molecule has 0 aliphatic carbocycles. The number of rotatable bonds is 5. The van der Waals surface area contributed by atoms with Gasteiger partial charge in [-0.05, 0) is 107 Å². The van der Waals surface area contributed by atoms with E-state index in [9.17, 15) is 0 Å². The smallest absolute Gasteiger partial charge is 0.174 e. The predicted octanol–water partition coefficient (Wildman–Crippen LogP) is 6.68. The first kappa shape index (κ1) is 24.3. The number of fused-ring (bicyclic) bond motifs is 1. The Morgan fingerprint density at radius 3 is 2.47 bits per heavy atom. The Hall–Kier alpha value is -3.38. The maximum absolute atomic E-state index is 5.91. The molecule has 186 valence electrons. The van der Waals surface area contributed by atoms with Gasteiger partial charge in [-0.2, -0.15) is 0 Å². The lowest BCUT2D eigenvalue weighted by atomic mass is 9.86. The van der Waals surface area contributed by atoms with E-state index in [0.29, 0.717) is 5.11 Å². The SMILES string of the molecule is CC1=CC(C)(C)N(C)c2ccc([C@H]3[C@H](c4ccccn4)NC(=S)N3c3ccc(OC(C)C)cc3)cc21. The predicted molar refractivity (Wildman–Crippen MR) is 153 cm³/mol. The van der Waals surface area contributed by atoms with Crippen LogP contribution in [0.5, 0.6) is 5.75 Å². The number of pyridine rings is 1. The van der Waals surface area contributed by atoms with Gasteiger partial charge in [0, 0.05) is 30.2 Å². The molecule has 1 fully saturated rings. The zero-order valence-corrected chi connectivity index (χ0v) is 22.6. The highest BCUT2D eigenvalue weighted by Crippen LogP contribution is 2.45. The summed E-state index contributed by atoms with van der Waals surface area (Å²) < 4.78 is 5.87. The van der Waals surface area contributed by atoms with Gasteiger partial charge in [0.1, 0.15) is 5.75 Å². The van der Waals surface area contributed by atoms with Gasteiger partial charge in [0.25, 0.3) is 0 Å². The van der Waals surface area contributed by atoms with Crippen molar-refractivity contribution in [3.63, 3.8) is 0 Å². The van der Waals surface area contributed by atoms with Crippen molar-refractivity contribution < 1.29 is 4.74 Å². The van der Waals surface area contributed by atoms with Crippen LogP contribution in [0.1, 0.15) is 63.5 Å². The van der Waals surface area contributed by atoms with Gasteiger partial charge in [0.15, 0.2) is 5.11 Å². The quantitative estimate of drug-likeness (QED) is 0.396. The van der Waals surface area contributed by atoms with Crippen molar-refractivity contribution in [2.45, 2.75) is 58.3 Å². The number of allylic oxidation sites excluding steroid dienone is 1. The van der Waals surface area contributed by atoms with Crippen molar-refractivity contribution in [1.82, 2.24) is 10.3 Å². The number of benzene rings is 2. The molecule has 0 amide bonds. The standard InChI is InChI=1S/C30H34N4OS/c1-19(2)35-23-13-11-22(12-14-23)34-28(27(32-29(34)36)25-9-7-8-16-31-25)21-10-15-26-24(17-21)20(3)18-30(4,5)33(26)6/h7-19,27-28H,1-6H3,(H,32,36)/t27-,28-/m0/s1. The Bertz CT molecular complexity index is 1300. The molecule has 0 radical (unpaired) electrons. The van der Waals surface area contributed by atoms with Gasteiger partial charge >= 0.3 is 0 Å². The number of thiocarbonyl (C=S) groups is 1. The Kier molecular flexibility index (Phi) is 6.25. The number of ether oxygens (including phenoxy) is 1. The topological polar surface area (TPSA) is 40.6 Å². The zero-order chi connectivity index (χ0) is 25.6. The van der Waals surface area contributed by atoms with Crippen molar-refractivity contribution in [3.05, 3.63) is 89.8 Å². The average Bonchev–Trinajstić information content (AvgIpc) is 3.20. The number of anilines is 2. The van der Waals surface area contributed by atoms with Crippen molar-refractivity contribution in [2.24, 2.45) is 0 Å². The molecule has 6 heteroatoms. The lowest BCUT2D eigenvalue weighted by Gasteiger charge is -2.41. The van der Waals surface area contributed by atoms with E-state index in [-0.39, 0.29) is 23.7 Å². The summed E-state index contributed by atoms with van der Waals surface area (Å²) in [6, 6.07) is 20.9. The number of hydrogen-bond acceptors (Lipinski definition) is 4. The molecule has 0 bridgehead atoms. The van der Waals surface area contributed by atoms with Crippen LogP contribution in [0.25, 0.3) is 5.57 Å². The summed E-state index contributed by atoms with van der Waals surface area (Å²) in [4.78, 5) is 9.25. The summed E-state index contributed by atoms with van der Waals surface area (Å²) in [5.74, 6) is 0.852. The molecule has 3 heterocycles. The summed E-state index contributed by atoms with van der Waals surface area (Å²) in [5.41, 5.74) is 6.95. The molecule has 36 heavy (non-hydrogen) atoms. The average molecular weight is 499 g/mol. The van der Waals surface area contributed by atoms with Crippen LogP contribution in [0.3, 0.4) is 0 Å². The van der Waals surface area contributed by atoms with Crippen LogP contribution >= 0.6 is 12.2 Å². The number of nitrogens with one attached hydrogen (secondary N) is 1. The van der Waals surface area contributed by atoms with Gasteiger partial charge in [0.2, 0.25) is 0 Å². The van der Waals surface area contributed by atoms with Crippen LogP contribution in [0.2, 0.25) is 0 Å². The Labute approximate surface area is 219 Å². The summed E-state index contributed by atoms with van der Waals surface area (Å²) >= 11 is 5.91. The molecular formula is C30H34N4OS. The molecule has 1 saturated heterocycles. The van der Waals surface area contributed by atoms with Crippen molar-refractivity contribution in [3.8, 4) is 5.75 Å². The van der Waals surface area contributed by atoms with Gasteiger partial charge in [-0.3, -0.25) is 4.98 Å². The third-order valence-electron chi connectivity index (χ3n) is 7.17. The fourth-order valence-corrected chi connectivity index (χ4v) is 5.64. The second-order valence-electron chi connectivity index (χ2n) is 10.5. The first-order valence-corrected chi connectivity index (χ1v) is 12.9. The first-order chi connectivity index (χ1) is 17.2. The number of likely N-dealkylation sites (N-methyl/N-ethyl adjacent to an activating group) is 1. The molecule has 1 N–H and O–H groups in total. The zero-order valence-electron chi connectivity index (χ0n) is 21.8. The van der Waals surface area contributed by atoms with E-state index in [0.717, 1.165) is 17.1 Å². The lowest BCUT2D eigenvalue weighted by molar-refractivity contribution is 0.242. The summed E-state index contributed by atoms with van der Waals surface area (Å²) in [6.07, 6.45) is 4.31. The highest BCUT2D eigenvalue weighted by Gasteiger charge is 2.41. The normalized spacial score (nSPS) is 20.8. The second kappa shape index (κ2) is 9.25. The summed E-state index contributed by atoms with van der Waals surface area (Å²) in [6.45, 7) is 10.8. The largest absolute Gasteiger partial charge is 0.491 e. The molecule has 2 aromatic carbocycles. The molecule has 2 aliphatic heterocycles. The Balaban J connectivity index is 1.60. The van der Waals surface area contributed by atoms with E-state index in [2.05, 4.69) is 85.4 Å². The van der Waals surface area contributed by atoms with Crippen LogP contribution in [0.4, 0.5) is 11.4 Å². The van der Waals surface area contributed by atoms with E-state index < -0.39 is 0 Å². The monoisotopic (exact) mass is 498 g/mol. The van der Waals surface area contributed by atoms with Crippen molar-refractivity contribution in [1.29, 1.82) is 0 Å². The van der Waals surface area contributed by atoms with Gasteiger partial charge in [0.05, 0.1) is 29.4 Å². The maximum atomic E-state index is 5.91. The molecule has 5 rings (SSSR count). The van der Waals surface area contributed by atoms with E-state index in [4.69, 9.17) is 21.9 Å². The number of hydrogen-bond donors (Lipinski definition) is 1. The molecule has 3 aromatic rings. The van der Waals surface area contributed by atoms with E-state index in [1.165, 1.54) is 22.4 Å². The fourth-order valence-electron chi connectivity index (χ4n) is 5.29. The van der Waals surface area contributed by atoms with Crippen LogP contribution in [0.15, 0.2) is 72.9 Å². The molecule has 5 nitrogen and oxygen atoms in total. The van der Waals surface area contributed by atoms with Gasteiger partial charge in [-0.1, -0.05) is 18.2 Å². The molecule has 2 aliphatic rings. The minimum absolute atomic E-state index is 0.0303. The third-order valence-corrected chi connectivity index (χ3v) is 7.48. The van der Waals surface area contributed by atoms with E-state index >= 15 is 0 Å². The molecular weight excluding hydrogens is 464 g/mol. The van der Waals surface area contributed by atoms with E-state index in [1.807, 2.05) is 44.3 Å². The lowest BCUT2D eigenvalue weighted by Crippen LogP contribution is -2.42. The Morgan fingerprint density at radius 2 is 1.81 bits per heavy atom. The van der Waals surface area contributed by atoms with Gasteiger partial charge < -0.3 is 19.9 Å². The minimum atomic E-state index is -0.0783.